The Morgan fingerprint density at radius 1 is 0.861 bits per heavy atom. The van der Waals surface area contributed by atoms with E-state index in [1.54, 1.807) is 24.3 Å². The van der Waals surface area contributed by atoms with Gasteiger partial charge in [0, 0.05) is 0 Å². The normalized spacial score (nSPS) is 25.6. The van der Waals surface area contributed by atoms with Crippen LogP contribution in [0.15, 0.2) is 36.4 Å². The van der Waals surface area contributed by atoms with Crippen molar-refractivity contribution in [2.24, 2.45) is 11.8 Å². The summed E-state index contributed by atoms with van der Waals surface area (Å²) in [5, 5.41) is 49.6. The van der Waals surface area contributed by atoms with Crippen LogP contribution in [0.1, 0.15) is 25.0 Å². The number of methoxy groups -OCH3 is 2. The first kappa shape index (κ1) is 27.5. The lowest BCUT2D eigenvalue weighted by Crippen LogP contribution is -2.61. The maximum absolute atomic E-state index is 11.4. The van der Waals surface area contributed by atoms with Gasteiger partial charge in [0.25, 0.3) is 0 Å². The number of ether oxygens (including phenoxy) is 4. The summed E-state index contributed by atoms with van der Waals surface area (Å²) in [5.74, 6) is 0.0654. The number of carboxylic acids is 1. The zero-order valence-electron chi connectivity index (χ0n) is 20.7. The molecule has 0 aromatic heterocycles. The van der Waals surface area contributed by atoms with Gasteiger partial charge in [-0.05, 0) is 60.1 Å². The minimum absolute atomic E-state index is 0.0988. The van der Waals surface area contributed by atoms with Gasteiger partial charge in [0.1, 0.15) is 18.3 Å². The number of phenols is 1. The molecule has 1 heterocycles. The quantitative estimate of drug-likeness (QED) is 0.322. The lowest BCUT2D eigenvalue weighted by atomic mass is 9.85. The van der Waals surface area contributed by atoms with Crippen molar-refractivity contribution in [1.29, 1.82) is 0 Å². The molecule has 10 heteroatoms. The molecule has 1 aliphatic heterocycles. The average Bonchev–Trinajstić information content (AvgIpc) is 2.84. The number of carboxylic acid groups (broad SMARTS) is 1. The van der Waals surface area contributed by atoms with E-state index in [9.17, 15) is 30.3 Å². The number of phenolic OH excluding ortho intramolecular Hbond substituents is 1. The van der Waals surface area contributed by atoms with Crippen molar-refractivity contribution in [3.05, 3.63) is 47.5 Å². The maximum Gasteiger partial charge on any atom is 0.335 e. The number of benzene rings is 2. The molecule has 5 N–H and O–H groups in total. The number of hydrogen-bond acceptors (Lipinski definition) is 9. The molecule has 2 aromatic rings. The van der Waals surface area contributed by atoms with Crippen molar-refractivity contribution in [3.63, 3.8) is 0 Å². The predicted octanol–water partition coefficient (Wildman–Crippen LogP) is 1.74. The molecule has 36 heavy (non-hydrogen) atoms. The van der Waals surface area contributed by atoms with Crippen LogP contribution in [0.3, 0.4) is 0 Å². The van der Waals surface area contributed by atoms with Crippen LogP contribution in [0.2, 0.25) is 0 Å². The third-order valence-corrected chi connectivity index (χ3v) is 6.61. The first-order valence-electron chi connectivity index (χ1n) is 11.7. The second-order valence-corrected chi connectivity index (χ2v) is 9.21. The smallest absolute Gasteiger partial charge is 0.335 e. The first-order chi connectivity index (χ1) is 17.0. The minimum atomic E-state index is -1.81. The molecule has 0 bridgehead atoms. The summed E-state index contributed by atoms with van der Waals surface area (Å²) in [6, 6.07) is 10.6. The van der Waals surface area contributed by atoms with E-state index in [0.717, 1.165) is 17.5 Å². The zero-order chi connectivity index (χ0) is 26.6. The highest BCUT2D eigenvalue weighted by Crippen LogP contribution is 2.34. The van der Waals surface area contributed by atoms with E-state index < -0.39 is 36.7 Å². The van der Waals surface area contributed by atoms with Crippen LogP contribution in [0.4, 0.5) is 0 Å². The third kappa shape index (κ3) is 6.19. The Morgan fingerprint density at radius 2 is 1.42 bits per heavy atom. The molecule has 0 unspecified atom stereocenters. The summed E-state index contributed by atoms with van der Waals surface area (Å²) in [7, 11) is 2.94. The Morgan fingerprint density at radius 3 is 1.94 bits per heavy atom. The standard InChI is InChI=1S/C26H34O10/c1-13(9-15-5-7-18(33-3)17(27)11-15)14(2)10-16-6-8-19(34-4)20(12-16)35-26-23(30)21(28)22(29)24(36-26)25(31)32/h5-8,11-14,21-24,26-30H,9-10H2,1-4H3,(H,31,32)/t13-,14+,21+,22+,23-,24+,26-/m1/s1. The van der Waals surface area contributed by atoms with Gasteiger partial charge in [-0.3, -0.25) is 0 Å². The van der Waals surface area contributed by atoms with Gasteiger partial charge in [-0.1, -0.05) is 26.0 Å². The molecule has 1 fully saturated rings. The largest absolute Gasteiger partial charge is 0.504 e. The highest BCUT2D eigenvalue weighted by Gasteiger charge is 2.48. The monoisotopic (exact) mass is 506 g/mol. The van der Waals surface area contributed by atoms with Crippen LogP contribution in [0.25, 0.3) is 0 Å². The molecule has 0 spiro atoms. The lowest BCUT2D eigenvalue weighted by Gasteiger charge is -2.38. The van der Waals surface area contributed by atoms with Crippen molar-refractivity contribution < 1.29 is 49.3 Å². The number of aliphatic hydroxyl groups excluding tert-OH is 3. The molecule has 7 atom stereocenters. The number of aromatic hydroxyl groups is 1. The molecule has 1 saturated heterocycles. The van der Waals surface area contributed by atoms with Crippen molar-refractivity contribution in [3.8, 4) is 23.0 Å². The molecule has 2 aromatic carbocycles. The van der Waals surface area contributed by atoms with E-state index in [4.69, 9.17) is 18.9 Å². The third-order valence-electron chi connectivity index (χ3n) is 6.61. The van der Waals surface area contributed by atoms with Gasteiger partial charge in [-0.25, -0.2) is 4.79 Å². The fourth-order valence-electron chi connectivity index (χ4n) is 4.22. The van der Waals surface area contributed by atoms with Crippen molar-refractivity contribution in [2.75, 3.05) is 14.2 Å². The molecule has 198 valence electrons. The summed E-state index contributed by atoms with van der Waals surface area (Å²) in [6.45, 7) is 4.24. The van der Waals surface area contributed by atoms with Crippen LogP contribution in [0.5, 0.6) is 23.0 Å². The van der Waals surface area contributed by atoms with E-state index in [-0.39, 0.29) is 23.3 Å². The summed E-state index contributed by atoms with van der Waals surface area (Å²) < 4.78 is 21.4. The van der Waals surface area contributed by atoms with Crippen molar-refractivity contribution in [2.45, 2.75) is 57.4 Å². The second-order valence-electron chi connectivity index (χ2n) is 9.21. The van der Waals surface area contributed by atoms with Gasteiger partial charge in [0.05, 0.1) is 14.2 Å². The number of aliphatic carboxylic acids is 1. The molecular weight excluding hydrogens is 472 g/mol. The molecule has 0 saturated carbocycles. The number of aliphatic hydroxyl groups is 3. The SMILES string of the molecule is COc1ccc(C[C@@H](C)[C@@H](C)Cc2ccc(OC)c(O[C@@H]3O[C@H](C(=O)O)[C@@H](O)[C@H](O)[C@H]3O)c2)cc1O. The summed E-state index contributed by atoms with van der Waals surface area (Å²) in [4.78, 5) is 11.4. The van der Waals surface area contributed by atoms with E-state index in [0.29, 0.717) is 17.9 Å². The first-order valence-corrected chi connectivity index (χ1v) is 11.7. The second kappa shape index (κ2) is 11.8. The van der Waals surface area contributed by atoms with E-state index >= 15 is 0 Å². The lowest BCUT2D eigenvalue weighted by molar-refractivity contribution is -0.271. The average molecular weight is 507 g/mol. The fourth-order valence-corrected chi connectivity index (χ4v) is 4.22. The highest BCUT2D eigenvalue weighted by atomic mass is 16.7. The van der Waals surface area contributed by atoms with E-state index in [2.05, 4.69) is 13.8 Å². The molecule has 3 rings (SSSR count). The number of rotatable bonds is 10. The van der Waals surface area contributed by atoms with Crippen molar-refractivity contribution in [1.82, 2.24) is 0 Å². The Kier molecular flexibility index (Phi) is 9.02. The van der Waals surface area contributed by atoms with Crippen LogP contribution in [-0.4, -0.2) is 76.4 Å². The van der Waals surface area contributed by atoms with E-state index in [1.165, 1.54) is 14.2 Å². The van der Waals surface area contributed by atoms with Crippen LogP contribution < -0.4 is 14.2 Å². The molecule has 0 aliphatic carbocycles. The van der Waals surface area contributed by atoms with Gasteiger partial charge in [-0.15, -0.1) is 0 Å². The Balaban J connectivity index is 1.72. The van der Waals surface area contributed by atoms with Gasteiger partial charge in [-0.2, -0.15) is 0 Å². The Labute approximate surface area is 209 Å². The van der Waals surface area contributed by atoms with E-state index in [1.807, 2.05) is 12.1 Å². The summed E-state index contributed by atoms with van der Waals surface area (Å²) in [6.07, 6.45) is -7.12. The van der Waals surface area contributed by atoms with Gasteiger partial charge < -0.3 is 44.5 Å². The predicted molar refractivity (Wildman–Crippen MR) is 128 cm³/mol. The molecule has 0 radical (unpaired) electrons. The zero-order valence-corrected chi connectivity index (χ0v) is 20.7. The highest BCUT2D eigenvalue weighted by molar-refractivity contribution is 5.73. The fraction of sp³-hybridized carbons (Fsp3) is 0.500. The van der Waals surface area contributed by atoms with Crippen molar-refractivity contribution >= 4 is 5.97 Å². The maximum atomic E-state index is 11.4. The molecular formula is C26H34O10. The van der Waals surface area contributed by atoms with Gasteiger partial charge in [0.2, 0.25) is 6.29 Å². The van der Waals surface area contributed by atoms with Crippen LogP contribution >= 0.6 is 0 Å². The van der Waals surface area contributed by atoms with Gasteiger partial charge in [0.15, 0.2) is 29.1 Å². The summed E-state index contributed by atoms with van der Waals surface area (Å²) >= 11 is 0. The Bertz CT molecular complexity index is 1040. The van der Waals surface area contributed by atoms with Crippen LogP contribution in [0, 0.1) is 11.8 Å². The molecule has 1 aliphatic rings. The number of carbonyl (C=O) groups is 1. The van der Waals surface area contributed by atoms with Crippen LogP contribution in [-0.2, 0) is 22.4 Å². The number of hydrogen-bond donors (Lipinski definition) is 5. The molecule has 0 amide bonds. The topological polar surface area (TPSA) is 155 Å². The van der Waals surface area contributed by atoms with Gasteiger partial charge >= 0.3 is 5.97 Å². The Hall–Kier alpha value is -3.05. The molecule has 10 nitrogen and oxygen atoms in total. The minimum Gasteiger partial charge on any atom is -0.504 e. The summed E-state index contributed by atoms with van der Waals surface area (Å²) in [5.41, 5.74) is 1.90.